The molecule has 0 bridgehead atoms. The van der Waals surface area contributed by atoms with Crippen LogP contribution in [0.15, 0.2) is 23.6 Å². The smallest absolute Gasteiger partial charge is 0.246 e. The van der Waals surface area contributed by atoms with Gasteiger partial charge in [0.05, 0.1) is 0 Å². The van der Waals surface area contributed by atoms with E-state index in [4.69, 9.17) is 0 Å². The lowest BCUT2D eigenvalue weighted by molar-refractivity contribution is -0.127. The summed E-state index contributed by atoms with van der Waals surface area (Å²) in [5.74, 6) is 0.812. The molecule has 0 radical (unpaired) electrons. The number of nitrogens with one attached hydrogen (secondary N) is 1. The number of thiophene rings is 1. The first-order chi connectivity index (χ1) is 9.83. The maximum atomic E-state index is 12.3. The zero-order valence-corrected chi connectivity index (χ0v) is 12.6. The lowest BCUT2D eigenvalue weighted by Gasteiger charge is -2.35. The van der Waals surface area contributed by atoms with Crippen LogP contribution in [0.2, 0.25) is 0 Å². The van der Waals surface area contributed by atoms with Gasteiger partial charge in [-0.15, -0.1) is 11.3 Å². The fourth-order valence-corrected chi connectivity index (χ4v) is 3.92. The van der Waals surface area contributed by atoms with Gasteiger partial charge in [-0.3, -0.25) is 4.79 Å². The Morgan fingerprint density at radius 1 is 1.40 bits per heavy atom. The Balaban J connectivity index is 1.57. The van der Waals surface area contributed by atoms with Gasteiger partial charge in [-0.2, -0.15) is 0 Å². The molecule has 1 amide bonds. The van der Waals surface area contributed by atoms with Crippen molar-refractivity contribution < 1.29 is 4.79 Å². The third-order valence-corrected chi connectivity index (χ3v) is 5.21. The van der Waals surface area contributed by atoms with Crippen molar-refractivity contribution in [2.45, 2.75) is 31.7 Å². The number of nitrogens with zero attached hydrogens (tertiary/aromatic N) is 1. The standard InChI is InChI=1S/C16H22N2OS/c19-16(8-7-14-5-3-11-20-14)18-10-2-4-13(12-18)15-6-1-9-17-15/h3,5,7-8,11,13,15,17H,1-2,4,6,9-10,12H2/b8-7+. The van der Waals surface area contributed by atoms with E-state index in [1.165, 1.54) is 19.3 Å². The second kappa shape index (κ2) is 6.55. The molecule has 0 aromatic carbocycles. The van der Waals surface area contributed by atoms with Crippen molar-refractivity contribution in [1.29, 1.82) is 0 Å². The average Bonchev–Trinajstić information content (AvgIpc) is 3.18. The Bertz CT molecular complexity index is 463. The van der Waals surface area contributed by atoms with Gasteiger partial charge in [0.2, 0.25) is 5.91 Å². The molecular weight excluding hydrogens is 268 g/mol. The van der Waals surface area contributed by atoms with Crippen LogP contribution in [0.3, 0.4) is 0 Å². The molecule has 1 aromatic heterocycles. The van der Waals surface area contributed by atoms with Crippen LogP contribution in [0.5, 0.6) is 0 Å². The van der Waals surface area contributed by atoms with Crippen molar-refractivity contribution in [3.8, 4) is 0 Å². The average molecular weight is 290 g/mol. The zero-order chi connectivity index (χ0) is 13.8. The minimum Gasteiger partial charge on any atom is -0.339 e. The normalized spacial score (nSPS) is 27.3. The Morgan fingerprint density at radius 2 is 2.35 bits per heavy atom. The van der Waals surface area contributed by atoms with Crippen LogP contribution in [-0.2, 0) is 4.79 Å². The quantitative estimate of drug-likeness (QED) is 0.868. The highest BCUT2D eigenvalue weighted by Gasteiger charge is 2.30. The van der Waals surface area contributed by atoms with E-state index in [0.717, 1.165) is 30.9 Å². The van der Waals surface area contributed by atoms with Gasteiger partial charge in [0.25, 0.3) is 0 Å². The van der Waals surface area contributed by atoms with Crippen molar-refractivity contribution >= 4 is 23.3 Å². The van der Waals surface area contributed by atoms with Crippen LogP contribution in [0, 0.1) is 5.92 Å². The Labute approximate surface area is 124 Å². The summed E-state index contributed by atoms with van der Waals surface area (Å²) in [4.78, 5) is 15.4. The van der Waals surface area contributed by atoms with Crippen molar-refractivity contribution in [2.75, 3.05) is 19.6 Å². The number of piperidine rings is 1. The molecule has 3 rings (SSSR count). The van der Waals surface area contributed by atoms with Crippen molar-refractivity contribution in [1.82, 2.24) is 10.2 Å². The molecule has 20 heavy (non-hydrogen) atoms. The van der Waals surface area contributed by atoms with E-state index >= 15 is 0 Å². The Kier molecular flexibility index (Phi) is 4.53. The topological polar surface area (TPSA) is 32.3 Å². The highest BCUT2D eigenvalue weighted by atomic mass is 32.1. The third kappa shape index (κ3) is 3.30. The summed E-state index contributed by atoms with van der Waals surface area (Å²) in [6.07, 6.45) is 8.63. The van der Waals surface area contributed by atoms with Gasteiger partial charge in [0.1, 0.15) is 0 Å². The monoisotopic (exact) mass is 290 g/mol. The summed E-state index contributed by atoms with van der Waals surface area (Å²) in [6, 6.07) is 4.68. The molecule has 1 aromatic rings. The number of likely N-dealkylation sites (tertiary alicyclic amines) is 1. The summed E-state index contributed by atoms with van der Waals surface area (Å²) in [7, 11) is 0. The van der Waals surface area contributed by atoms with Gasteiger partial charge in [0, 0.05) is 30.1 Å². The number of carbonyl (C=O) groups is 1. The largest absolute Gasteiger partial charge is 0.339 e. The van der Waals surface area contributed by atoms with Crippen molar-refractivity contribution in [3.05, 3.63) is 28.5 Å². The van der Waals surface area contributed by atoms with Crippen LogP contribution >= 0.6 is 11.3 Å². The van der Waals surface area contributed by atoms with Gasteiger partial charge >= 0.3 is 0 Å². The lowest BCUT2D eigenvalue weighted by atomic mass is 9.90. The number of hydrogen-bond acceptors (Lipinski definition) is 3. The molecule has 4 heteroatoms. The van der Waals surface area contributed by atoms with Gasteiger partial charge in [-0.05, 0) is 55.7 Å². The summed E-state index contributed by atoms with van der Waals surface area (Å²) < 4.78 is 0. The first-order valence-electron chi connectivity index (χ1n) is 7.57. The molecule has 2 fully saturated rings. The van der Waals surface area contributed by atoms with E-state index in [9.17, 15) is 4.79 Å². The number of carbonyl (C=O) groups excluding carboxylic acids is 1. The predicted molar refractivity (Wildman–Crippen MR) is 83.7 cm³/mol. The maximum Gasteiger partial charge on any atom is 0.246 e. The number of hydrogen-bond donors (Lipinski definition) is 1. The van der Waals surface area contributed by atoms with Crippen LogP contribution in [0.25, 0.3) is 6.08 Å². The fourth-order valence-electron chi connectivity index (χ4n) is 3.30. The summed E-state index contributed by atoms with van der Waals surface area (Å²) in [6.45, 7) is 2.98. The van der Waals surface area contributed by atoms with E-state index in [-0.39, 0.29) is 5.91 Å². The molecule has 3 heterocycles. The highest BCUT2D eigenvalue weighted by Crippen LogP contribution is 2.25. The van der Waals surface area contributed by atoms with E-state index in [1.807, 2.05) is 28.5 Å². The first kappa shape index (κ1) is 13.8. The molecule has 2 aliphatic rings. The lowest BCUT2D eigenvalue weighted by Crippen LogP contribution is -2.45. The second-order valence-electron chi connectivity index (χ2n) is 5.74. The molecule has 2 saturated heterocycles. The zero-order valence-electron chi connectivity index (χ0n) is 11.8. The molecule has 108 valence electrons. The van der Waals surface area contributed by atoms with E-state index in [0.29, 0.717) is 12.0 Å². The maximum absolute atomic E-state index is 12.3. The first-order valence-corrected chi connectivity index (χ1v) is 8.45. The number of amides is 1. The van der Waals surface area contributed by atoms with Crippen LogP contribution in [0.4, 0.5) is 0 Å². The Hall–Kier alpha value is -1.13. The van der Waals surface area contributed by atoms with Crippen molar-refractivity contribution in [3.63, 3.8) is 0 Å². The van der Waals surface area contributed by atoms with Gasteiger partial charge in [-0.1, -0.05) is 6.07 Å². The minimum absolute atomic E-state index is 0.168. The molecule has 0 spiro atoms. The molecule has 2 atom stereocenters. The predicted octanol–water partition coefficient (Wildman–Crippen LogP) is 2.75. The molecular formula is C16H22N2OS. The van der Waals surface area contributed by atoms with Crippen LogP contribution < -0.4 is 5.32 Å². The number of rotatable bonds is 3. The van der Waals surface area contributed by atoms with Gasteiger partial charge < -0.3 is 10.2 Å². The van der Waals surface area contributed by atoms with Crippen LogP contribution in [-0.4, -0.2) is 36.5 Å². The SMILES string of the molecule is O=C(/C=C/c1cccs1)N1CCCC(C2CCCN2)C1. The second-order valence-corrected chi connectivity index (χ2v) is 6.72. The van der Waals surface area contributed by atoms with E-state index in [2.05, 4.69) is 5.32 Å². The molecule has 0 aliphatic carbocycles. The van der Waals surface area contributed by atoms with Crippen LogP contribution in [0.1, 0.15) is 30.6 Å². The minimum atomic E-state index is 0.168. The fraction of sp³-hybridized carbons (Fsp3) is 0.562. The molecule has 3 nitrogen and oxygen atoms in total. The molecule has 1 N–H and O–H groups in total. The molecule has 0 saturated carbocycles. The summed E-state index contributed by atoms with van der Waals surface area (Å²) >= 11 is 1.66. The van der Waals surface area contributed by atoms with Crippen molar-refractivity contribution in [2.24, 2.45) is 5.92 Å². The van der Waals surface area contributed by atoms with Gasteiger partial charge in [-0.25, -0.2) is 0 Å². The van der Waals surface area contributed by atoms with E-state index < -0.39 is 0 Å². The van der Waals surface area contributed by atoms with Gasteiger partial charge in [0.15, 0.2) is 0 Å². The molecule has 2 aliphatic heterocycles. The highest BCUT2D eigenvalue weighted by molar-refractivity contribution is 7.10. The summed E-state index contributed by atoms with van der Waals surface area (Å²) in [5.41, 5.74) is 0. The molecule has 2 unspecified atom stereocenters. The van der Waals surface area contributed by atoms with E-state index in [1.54, 1.807) is 17.4 Å². The third-order valence-electron chi connectivity index (χ3n) is 4.37. The Morgan fingerprint density at radius 3 is 3.10 bits per heavy atom. The summed E-state index contributed by atoms with van der Waals surface area (Å²) in [5, 5.41) is 5.62.